The van der Waals surface area contributed by atoms with Crippen LogP contribution in [-0.4, -0.2) is 34.7 Å². The van der Waals surface area contributed by atoms with E-state index in [9.17, 15) is 9.59 Å². The van der Waals surface area contributed by atoms with Gasteiger partial charge >= 0.3 is 0 Å². The minimum Gasteiger partial charge on any atom is -0.341 e. The highest BCUT2D eigenvalue weighted by molar-refractivity contribution is 6.05. The minimum absolute atomic E-state index is 0.0409. The number of ketones is 1. The molecule has 2 heterocycles. The summed E-state index contributed by atoms with van der Waals surface area (Å²) in [7, 11) is 0. The number of nitrogens with zero attached hydrogens (tertiary/aromatic N) is 3. The van der Waals surface area contributed by atoms with Crippen molar-refractivity contribution in [3.05, 3.63) is 47.3 Å². The number of Topliss-reactive ketones (excluding diaryl/α,β-unsaturated/α-hetero) is 1. The van der Waals surface area contributed by atoms with Gasteiger partial charge in [-0.2, -0.15) is 0 Å². The molecule has 1 fully saturated rings. The van der Waals surface area contributed by atoms with Crippen LogP contribution in [0.4, 0.5) is 11.6 Å². The van der Waals surface area contributed by atoms with E-state index >= 15 is 0 Å². The molecule has 26 heavy (non-hydrogen) atoms. The number of amides is 1. The number of aromatic nitrogens is 2. The number of carbonyl (C=O) groups is 2. The van der Waals surface area contributed by atoms with Crippen molar-refractivity contribution in [3.63, 3.8) is 0 Å². The molecule has 136 valence electrons. The Morgan fingerprint density at radius 1 is 1.23 bits per heavy atom. The molecule has 0 aliphatic carbocycles. The first-order valence-electron chi connectivity index (χ1n) is 8.95. The molecule has 0 saturated carbocycles. The number of benzene rings is 1. The Balaban J connectivity index is 1.74. The monoisotopic (exact) mass is 352 g/mol. The third kappa shape index (κ3) is 4.07. The average Bonchev–Trinajstić information content (AvgIpc) is 2.62. The number of rotatable bonds is 4. The number of aryl methyl sites for hydroxylation is 1. The van der Waals surface area contributed by atoms with Crippen molar-refractivity contribution in [2.45, 2.75) is 33.6 Å². The standard InChI is InChI=1S/C20H24N4O2/c1-13-7-9-24(10-8-13)20-21-12-18(14(2)22-20)19(26)23-17-6-4-5-16(11-17)15(3)25/h4-6,11-13H,7-10H2,1-3H3,(H,23,26). The van der Waals surface area contributed by atoms with Crippen molar-refractivity contribution >= 4 is 23.3 Å². The Morgan fingerprint density at radius 3 is 2.62 bits per heavy atom. The predicted molar refractivity (Wildman–Crippen MR) is 102 cm³/mol. The van der Waals surface area contributed by atoms with Gasteiger partial charge in [-0.25, -0.2) is 9.97 Å². The summed E-state index contributed by atoms with van der Waals surface area (Å²) in [6, 6.07) is 6.89. The lowest BCUT2D eigenvalue weighted by atomic mass is 10.00. The SMILES string of the molecule is CC(=O)c1cccc(NC(=O)c2cnc(N3CCC(C)CC3)nc2C)c1. The molecule has 0 spiro atoms. The highest BCUT2D eigenvalue weighted by Gasteiger charge is 2.20. The van der Waals surface area contributed by atoms with Gasteiger partial charge in [0.1, 0.15) is 0 Å². The fourth-order valence-electron chi connectivity index (χ4n) is 3.05. The van der Waals surface area contributed by atoms with Gasteiger partial charge in [0.15, 0.2) is 5.78 Å². The first-order chi connectivity index (χ1) is 12.4. The van der Waals surface area contributed by atoms with Gasteiger partial charge in [-0.05, 0) is 44.7 Å². The Kier molecular flexibility index (Phi) is 5.30. The van der Waals surface area contributed by atoms with Crippen LogP contribution in [0.3, 0.4) is 0 Å². The van der Waals surface area contributed by atoms with Crippen molar-refractivity contribution in [1.82, 2.24) is 9.97 Å². The Morgan fingerprint density at radius 2 is 1.96 bits per heavy atom. The van der Waals surface area contributed by atoms with Crippen LogP contribution in [-0.2, 0) is 0 Å². The fraction of sp³-hybridized carbons (Fsp3) is 0.400. The molecule has 6 nitrogen and oxygen atoms in total. The first-order valence-corrected chi connectivity index (χ1v) is 8.95. The molecule has 1 amide bonds. The zero-order valence-corrected chi connectivity index (χ0v) is 15.5. The van der Waals surface area contributed by atoms with Crippen molar-refractivity contribution in [2.24, 2.45) is 5.92 Å². The van der Waals surface area contributed by atoms with E-state index in [0.29, 0.717) is 28.5 Å². The molecule has 1 aromatic carbocycles. The molecule has 0 atom stereocenters. The molecule has 1 N–H and O–H groups in total. The van der Waals surface area contributed by atoms with Crippen molar-refractivity contribution in [1.29, 1.82) is 0 Å². The summed E-state index contributed by atoms with van der Waals surface area (Å²) in [4.78, 5) is 35.1. The van der Waals surface area contributed by atoms with Gasteiger partial charge in [0.2, 0.25) is 5.95 Å². The van der Waals surface area contributed by atoms with Gasteiger partial charge in [0.05, 0.1) is 11.3 Å². The zero-order chi connectivity index (χ0) is 18.7. The van der Waals surface area contributed by atoms with Gasteiger partial charge in [0.25, 0.3) is 5.91 Å². The van der Waals surface area contributed by atoms with Crippen molar-refractivity contribution < 1.29 is 9.59 Å². The van der Waals surface area contributed by atoms with Crippen molar-refractivity contribution in [3.8, 4) is 0 Å². The molecule has 0 radical (unpaired) electrons. The molecule has 2 aromatic rings. The van der Waals surface area contributed by atoms with E-state index in [-0.39, 0.29) is 11.7 Å². The average molecular weight is 352 g/mol. The second-order valence-corrected chi connectivity index (χ2v) is 6.93. The van der Waals surface area contributed by atoms with Gasteiger partial charge in [-0.1, -0.05) is 19.1 Å². The maximum atomic E-state index is 12.6. The second-order valence-electron chi connectivity index (χ2n) is 6.93. The quantitative estimate of drug-likeness (QED) is 0.853. The van der Waals surface area contributed by atoms with E-state index in [2.05, 4.69) is 27.1 Å². The molecule has 0 unspecified atom stereocenters. The molecular formula is C20H24N4O2. The Labute approximate surface area is 153 Å². The van der Waals surface area contributed by atoms with Crippen LogP contribution in [0.1, 0.15) is 53.1 Å². The summed E-state index contributed by atoms with van der Waals surface area (Å²) in [5.74, 6) is 1.11. The summed E-state index contributed by atoms with van der Waals surface area (Å²) in [6.45, 7) is 7.48. The summed E-state index contributed by atoms with van der Waals surface area (Å²) in [6.07, 6.45) is 3.86. The summed E-state index contributed by atoms with van der Waals surface area (Å²) < 4.78 is 0. The van der Waals surface area contributed by atoms with Crippen LogP contribution in [0.2, 0.25) is 0 Å². The third-order valence-electron chi connectivity index (χ3n) is 4.80. The van der Waals surface area contributed by atoms with E-state index in [1.54, 1.807) is 30.5 Å². The number of hydrogen-bond acceptors (Lipinski definition) is 5. The molecule has 3 rings (SSSR count). The van der Waals surface area contributed by atoms with Crippen LogP contribution < -0.4 is 10.2 Å². The predicted octanol–water partition coefficient (Wildman–Crippen LogP) is 3.48. The lowest BCUT2D eigenvalue weighted by Crippen LogP contribution is -2.34. The Bertz CT molecular complexity index is 826. The van der Waals surface area contributed by atoms with E-state index in [4.69, 9.17) is 0 Å². The van der Waals surface area contributed by atoms with Gasteiger partial charge in [-0.15, -0.1) is 0 Å². The topological polar surface area (TPSA) is 75.2 Å². The molecule has 1 aliphatic heterocycles. The largest absolute Gasteiger partial charge is 0.341 e. The molecule has 0 bridgehead atoms. The summed E-state index contributed by atoms with van der Waals surface area (Å²) >= 11 is 0. The van der Waals surface area contributed by atoms with Crippen LogP contribution in [0.15, 0.2) is 30.5 Å². The number of anilines is 2. The first kappa shape index (κ1) is 18.0. The number of carbonyl (C=O) groups excluding carboxylic acids is 2. The zero-order valence-electron chi connectivity index (χ0n) is 15.5. The summed E-state index contributed by atoms with van der Waals surface area (Å²) in [5.41, 5.74) is 2.22. The second kappa shape index (κ2) is 7.64. The lowest BCUT2D eigenvalue weighted by Gasteiger charge is -2.30. The van der Waals surface area contributed by atoms with Crippen LogP contribution >= 0.6 is 0 Å². The molecule has 6 heteroatoms. The van der Waals surface area contributed by atoms with E-state index in [0.717, 1.165) is 31.8 Å². The normalized spacial score (nSPS) is 15.0. The Hall–Kier alpha value is -2.76. The molecule has 1 aliphatic rings. The number of hydrogen-bond donors (Lipinski definition) is 1. The smallest absolute Gasteiger partial charge is 0.259 e. The van der Waals surface area contributed by atoms with Crippen molar-refractivity contribution in [2.75, 3.05) is 23.3 Å². The summed E-state index contributed by atoms with van der Waals surface area (Å²) in [5, 5.41) is 2.81. The minimum atomic E-state index is -0.276. The molecular weight excluding hydrogens is 328 g/mol. The van der Waals surface area contributed by atoms with E-state index in [1.807, 2.05) is 6.92 Å². The van der Waals surface area contributed by atoms with Gasteiger partial charge in [-0.3, -0.25) is 9.59 Å². The third-order valence-corrected chi connectivity index (χ3v) is 4.80. The van der Waals surface area contributed by atoms with Gasteiger partial charge in [0, 0.05) is 30.5 Å². The maximum absolute atomic E-state index is 12.6. The lowest BCUT2D eigenvalue weighted by molar-refractivity contribution is 0.101. The van der Waals surface area contributed by atoms with Gasteiger partial charge < -0.3 is 10.2 Å². The number of nitrogens with one attached hydrogen (secondary N) is 1. The molecule has 1 aromatic heterocycles. The van der Waals surface area contributed by atoms with E-state index < -0.39 is 0 Å². The highest BCUT2D eigenvalue weighted by atomic mass is 16.1. The maximum Gasteiger partial charge on any atom is 0.259 e. The van der Waals surface area contributed by atoms with E-state index in [1.165, 1.54) is 6.92 Å². The highest BCUT2D eigenvalue weighted by Crippen LogP contribution is 2.21. The number of piperidine rings is 1. The van der Waals surface area contributed by atoms with Crippen LogP contribution in [0.25, 0.3) is 0 Å². The van der Waals surface area contributed by atoms with Crippen LogP contribution in [0, 0.1) is 12.8 Å². The molecule has 1 saturated heterocycles. The fourth-order valence-corrected chi connectivity index (χ4v) is 3.05. The van der Waals surface area contributed by atoms with Crippen LogP contribution in [0.5, 0.6) is 0 Å².